The minimum absolute atomic E-state index is 0.279. The number of nitrogens with zero attached hydrogens (tertiary/aromatic N) is 2. The Kier molecular flexibility index (Phi) is 5.40. The summed E-state index contributed by atoms with van der Waals surface area (Å²) in [7, 11) is 2.13. The van der Waals surface area contributed by atoms with Crippen LogP contribution in [0.25, 0.3) is 0 Å². The van der Waals surface area contributed by atoms with Gasteiger partial charge < -0.3 is 10.0 Å². The van der Waals surface area contributed by atoms with E-state index >= 15 is 0 Å². The minimum Gasteiger partial charge on any atom is -0.481 e. The summed E-state index contributed by atoms with van der Waals surface area (Å²) in [4.78, 5) is 15.5. The summed E-state index contributed by atoms with van der Waals surface area (Å²) in [5, 5.41) is 8.80. The molecule has 0 aromatic carbocycles. The van der Waals surface area contributed by atoms with Gasteiger partial charge in [-0.25, -0.2) is 0 Å². The lowest BCUT2D eigenvalue weighted by atomic mass is 10.0. The minimum atomic E-state index is -0.684. The van der Waals surface area contributed by atoms with Crippen molar-refractivity contribution in [3.05, 3.63) is 0 Å². The average molecular weight is 242 g/mol. The first-order valence-corrected chi connectivity index (χ1v) is 6.56. The Morgan fingerprint density at radius 3 is 2.59 bits per heavy atom. The average Bonchev–Trinajstić information content (AvgIpc) is 2.20. The van der Waals surface area contributed by atoms with Crippen molar-refractivity contribution in [3.63, 3.8) is 0 Å². The van der Waals surface area contributed by atoms with Crippen LogP contribution in [0.15, 0.2) is 0 Å². The zero-order valence-corrected chi connectivity index (χ0v) is 11.5. The molecule has 4 nitrogen and oxygen atoms in total. The molecule has 17 heavy (non-hydrogen) atoms. The highest BCUT2D eigenvalue weighted by atomic mass is 16.4. The van der Waals surface area contributed by atoms with E-state index in [1.54, 1.807) is 0 Å². The maximum Gasteiger partial charge on any atom is 0.303 e. The quantitative estimate of drug-likeness (QED) is 0.793. The molecule has 1 aliphatic heterocycles. The van der Waals surface area contributed by atoms with E-state index in [0.717, 1.165) is 26.1 Å². The van der Waals surface area contributed by atoms with Gasteiger partial charge in [-0.3, -0.25) is 9.69 Å². The number of carbonyl (C=O) groups is 1. The van der Waals surface area contributed by atoms with E-state index in [2.05, 4.69) is 37.6 Å². The Balaban J connectivity index is 2.57. The molecular weight excluding hydrogens is 216 g/mol. The van der Waals surface area contributed by atoms with Gasteiger partial charge in [-0.15, -0.1) is 0 Å². The van der Waals surface area contributed by atoms with Crippen molar-refractivity contribution in [2.45, 2.75) is 45.7 Å². The first kappa shape index (κ1) is 14.5. The predicted octanol–water partition coefficient (Wildman–Crippen LogP) is 1.51. The molecule has 2 unspecified atom stereocenters. The molecule has 1 fully saturated rings. The molecule has 0 amide bonds. The van der Waals surface area contributed by atoms with Gasteiger partial charge in [0.15, 0.2) is 0 Å². The van der Waals surface area contributed by atoms with Gasteiger partial charge in [0.2, 0.25) is 0 Å². The number of piperazine rings is 1. The van der Waals surface area contributed by atoms with Crippen LogP contribution in [0.2, 0.25) is 0 Å². The molecule has 0 aromatic heterocycles. The molecule has 0 radical (unpaired) electrons. The molecule has 1 saturated heterocycles. The summed E-state index contributed by atoms with van der Waals surface area (Å²) >= 11 is 0. The van der Waals surface area contributed by atoms with Crippen LogP contribution in [0.3, 0.4) is 0 Å². The number of hydrogen-bond donors (Lipinski definition) is 1. The summed E-state index contributed by atoms with van der Waals surface area (Å²) in [6, 6.07) is 0.963. The zero-order valence-electron chi connectivity index (χ0n) is 11.5. The summed E-state index contributed by atoms with van der Waals surface area (Å²) < 4.78 is 0. The lowest BCUT2D eigenvalue weighted by Gasteiger charge is -2.44. The predicted molar refractivity (Wildman–Crippen MR) is 69.2 cm³/mol. The number of carboxylic acid groups (broad SMARTS) is 1. The van der Waals surface area contributed by atoms with E-state index in [-0.39, 0.29) is 6.42 Å². The van der Waals surface area contributed by atoms with Crippen molar-refractivity contribution >= 4 is 5.97 Å². The van der Waals surface area contributed by atoms with Crippen LogP contribution in [-0.4, -0.2) is 59.6 Å². The fraction of sp³-hybridized carbons (Fsp3) is 0.923. The first-order valence-electron chi connectivity index (χ1n) is 6.56. The Morgan fingerprint density at radius 1 is 1.41 bits per heavy atom. The largest absolute Gasteiger partial charge is 0.481 e. The Labute approximate surface area is 105 Å². The van der Waals surface area contributed by atoms with Gasteiger partial charge in [-0.2, -0.15) is 0 Å². The number of aliphatic carboxylic acids is 1. The molecule has 1 heterocycles. The van der Waals surface area contributed by atoms with E-state index < -0.39 is 5.97 Å². The summed E-state index contributed by atoms with van der Waals surface area (Å²) in [5.74, 6) is -0.0475. The highest BCUT2D eigenvalue weighted by molar-refractivity contribution is 5.66. The summed E-state index contributed by atoms with van der Waals surface area (Å²) in [6.07, 6.45) is 1.04. The SMILES string of the molecule is CC(C)CN1CC(C)N(C)CC1CCC(=O)O. The van der Waals surface area contributed by atoms with Gasteiger partial charge in [0.05, 0.1) is 0 Å². The van der Waals surface area contributed by atoms with E-state index in [1.165, 1.54) is 0 Å². The van der Waals surface area contributed by atoms with Gasteiger partial charge in [-0.05, 0) is 26.3 Å². The van der Waals surface area contributed by atoms with Crippen LogP contribution in [0.5, 0.6) is 0 Å². The maximum atomic E-state index is 10.7. The van der Waals surface area contributed by atoms with Gasteiger partial charge in [0, 0.05) is 38.1 Å². The van der Waals surface area contributed by atoms with Crippen molar-refractivity contribution in [3.8, 4) is 0 Å². The van der Waals surface area contributed by atoms with Crippen LogP contribution in [0.1, 0.15) is 33.6 Å². The first-order chi connectivity index (χ1) is 7.90. The van der Waals surface area contributed by atoms with Crippen molar-refractivity contribution in [2.24, 2.45) is 5.92 Å². The van der Waals surface area contributed by atoms with Crippen molar-refractivity contribution in [1.29, 1.82) is 0 Å². The molecule has 0 aliphatic carbocycles. The summed E-state index contributed by atoms with van der Waals surface area (Å²) in [6.45, 7) is 9.79. The fourth-order valence-corrected chi connectivity index (χ4v) is 2.51. The Morgan fingerprint density at radius 2 is 2.06 bits per heavy atom. The molecular formula is C13H26N2O2. The molecule has 0 bridgehead atoms. The van der Waals surface area contributed by atoms with Crippen LogP contribution in [0.4, 0.5) is 0 Å². The number of likely N-dealkylation sites (N-methyl/N-ethyl adjacent to an activating group) is 1. The lowest BCUT2D eigenvalue weighted by molar-refractivity contribution is -0.137. The van der Waals surface area contributed by atoms with E-state index in [9.17, 15) is 4.79 Å². The maximum absolute atomic E-state index is 10.7. The van der Waals surface area contributed by atoms with Crippen LogP contribution in [0, 0.1) is 5.92 Å². The molecule has 1 rings (SSSR count). The van der Waals surface area contributed by atoms with Gasteiger partial charge >= 0.3 is 5.97 Å². The fourth-order valence-electron chi connectivity index (χ4n) is 2.51. The van der Waals surface area contributed by atoms with Crippen LogP contribution < -0.4 is 0 Å². The molecule has 0 aromatic rings. The second-order valence-corrected chi connectivity index (χ2v) is 5.72. The summed E-state index contributed by atoms with van der Waals surface area (Å²) in [5.41, 5.74) is 0. The van der Waals surface area contributed by atoms with Crippen LogP contribution in [-0.2, 0) is 4.79 Å². The monoisotopic (exact) mass is 242 g/mol. The van der Waals surface area contributed by atoms with Crippen molar-refractivity contribution in [2.75, 3.05) is 26.7 Å². The van der Waals surface area contributed by atoms with Gasteiger partial charge in [0.1, 0.15) is 0 Å². The molecule has 1 N–H and O–H groups in total. The zero-order chi connectivity index (χ0) is 13.0. The molecule has 4 heteroatoms. The topological polar surface area (TPSA) is 43.8 Å². The van der Waals surface area contributed by atoms with Crippen LogP contribution >= 0.6 is 0 Å². The van der Waals surface area contributed by atoms with Gasteiger partial charge in [0.25, 0.3) is 0 Å². The second kappa shape index (κ2) is 6.36. The van der Waals surface area contributed by atoms with E-state index in [4.69, 9.17) is 5.11 Å². The highest BCUT2D eigenvalue weighted by Gasteiger charge is 2.29. The van der Waals surface area contributed by atoms with Crippen molar-refractivity contribution < 1.29 is 9.90 Å². The number of hydrogen-bond acceptors (Lipinski definition) is 3. The number of rotatable bonds is 5. The number of carboxylic acids is 1. The molecule has 2 atom stereocenters. The van der Waals surface area contributed by atoms with E-state index in [1.807, 2.05) is 0 Å². The Bertz CT molecular complexity index is 256. The van der Waals surface area contributed by atoms with E-state index in [0.29, 0.717) is 18.0 Å². The molecule has 1 aliphatic rings. The third-order valence-corrected chi connectivity index (χ3v) is 3.56. The normalized spacial score (nSPS) is 27.6. The third-order valence-electron chi connectivity index (χ3n) is 3.56. The Hall–Kier alpha value is -0.610. The smallest absolute Gasteiger partial charge is 0.303 e. The molecule has 100 valence electrons. The molecule has 0 saturated carbocycles. The van der Waals surface area contributed by atoms with Crippen molar-refractivity contribution in [1.82, 2.24) is 9.80 Å². The highest BCUT2D eigenvalue weighted by Crippen LogP contribution is 2.18. The lowest BCUT2D eigenvalue weighted by Crippen LogP contribution is -2.56. The molecule has 0 spiro atoms. The second-order valence-electron chi connectivity index (χ2n) is 5.72. The third kappa shape index (κ3) is 4.64. The van der Waals surface area contributed by atoms with Gasteiger partial charge in [-0.1, -0.05) is 13.8 Å². The standard InChI is InChI=1S/C13H26N2O2/c1-10(2)7-15-8-11(3)14(4)9-12(15)5-6-13(16)17/h10-12H,5-9H2,1-4H3,(H,16,17).